The minimum atomic E-state index is -0.0625. The van der Waals surface area contributed by atoms with Crippen molar-refractivity contribution in [3.05, 3.63) is 29.6 Å². The Morgan fingerprint density at radius 3 is 2.65 bits per heavy atom. The lowest BCUT2D eigenvalue weighted by atomic mass is 9.83. The van der Waals surface area contributed by atoms with Crippen LogP contribution in [-0.4, -0.2) is 16.9 Å². The Labute approximate surface area is 121 Å². The lowest BCUT2D eigenvalue weighted by Crippen LogP contribution is -2.38. The molecular formula is C16H25N3O. The van der Waals surface area contributed by atoms with Crippen LogP contribution < -0.4 is 11.1 Å². The van der Waals surface area contributed by atoms with Gasteiger partial charge in [-0.25, -0.2) is 0 Å². The topological polar surface area (TPSA) is 68.0 Å². The van der Waals surface area contributed by atoms with E-state index in [1.54, 1.807) is 12.3 Å². The minimum absolute atomic E-state index is 0.0625. The highest BCUT2D eigenvalue weighted by atomic mass is 16.1. The normalized spacial score (nSPS) is 22.5. The van der Waals surface area contributed by atoms with E-state index in [1.165, 1.54) is 25.7 Å². The molecule has 1 aromatic rings. The fourth-order valence-electron chi connectivity index (χ4n) is 2.94. The third kappa shape index (κ3) is 4.04. The quantitative estimate of drug-likeness (QED) is 0.868. The van der Waals surface area contributed by atoms with E-state index >= 15 is 0 Å². The second kappa shape index (κ2) is 7.39. The molecule has 1 aliphatic carbocycles. The van der Waals surface area contributed by atoms with Crippen LogP contribution in [0.4, 0.5) is 0 Å². The van der Waals surface area contributed by atoms with Crippen molar-refractivity contribution in [3.63, 3.8) is 0 Å². The first kappa shape index (κ1) is 15.0. The Bertz CT molecular complexity index is 422. The Balaban J connectivity index is 1.82. The largest absolute Gasteiger partial charge is 0.348 e. The molecule has 0 saturated heterocycles. The molecule has 1 fully saturated rings. The average Bonchev–Trinajstić information content (AvgIpc) is 2.49. The molecule has 0 atom stereocenters. The van der Waals surface area contributed by atoms with Crippen LogP contribution in [0.1, 0.15) is 61.5 Å². The molecule has 0 aliphatic heterocycles. The van der Waals surface area contributed by atoms with E-state index in [2.05, 4.69) is 17.2 Å². The zero-order chi connectivity index (χ0) is 14.4. The molecule has 1 amide bonds. The van der Waals surface area contributed by atoms with Crippen molar-refractivity contribution >= 4 is 5.91 Å². The number of nitrogens with zero attached hydrogens (tertiary/aromatic N) is 1. The van der Waals surface area contributed by atoms with Gasteiger partial charge in [0.15, 0.2) is 0 Å². The molecule has 0 unspecified atom stereocenters. The van der Waals surface area contributed by atoms with Gasteiger partial charge in [0.25, 0.3) is 5.91 Å². The van der Waals surface area contributed by atoms with Crippen molar-refractivity contribution in [2.75, 3.05) is 0 Å². The molecule has 1 saturated carbocycles. The highest BCUT2D eigenvalue weighted by Crippen LogP contribution is 2.27. The van der Waals surface area contributed by atoms with E-state index in [-0.39, 0.29) is 5.91 Å². The summed E-state index contributed by atoms with van der Waals surface area (Å²) >= 11 is 0. The maximum atomic E-state index is 12.1. The highest BCUT2D eigenvalue weighted by Gasteiger charge is 2.22. The predicted octanol–water partition coefficient (Wildman–Crippen LogP) is 2.63. The van der Waals surface area contributed by atoms with Crippen molar-refractivity contribution < 1.29 is 4.79 Å². The number of pyridine rings is 1. The maximum absolute atomic E-state index is 12.1. The van der Waals surface area contributed by atoms with Gasteiger partial charge in [0.05, 0.1) is 0 Å². The summed E-state index contributed by atoms with van der Waals surface area (Å²) < 4.78 is 0. The number of aromatic nitrogens is 1. The summed E-state index contributed by atoms with van der Waals surface area (Å²) in [6.45, 7) is 2.70. The van der Waals surface area contributed by atoms with E-state index in [0.29, 0.717) is 18.3 Å². The number of carbonyl (C=O) groups is 1. The van der Waals surface area contributed by atoms with Gasteiger partial charge in [0.1, 0.15) is 5.69 Å². The maximum Gasteiger partial charge on any atom is 0.270 e. The van der Waals surface area contributed by atoms with Crippen molar-refractivity contribution in [1.29, 1.82) is 0 Å². The number of nitrogens with two attached hydrogens (primary N) is 1. The average molecular weight is 275 g/mol. The van der Waals surface area contributed by atoms with E-state index in [1.807, 2.05) is 6.07 Å². The first-order chi connectivity index (χ1) is 9.72. The molecule has 110 valence electrons. The van der Waals surface area contributed by atoms with E-state index in [9.17, 15) is 4.79 Å². The van der Waals surface area contributed by atoms with Crippen molar-refractivity contribution in [3.8, 4) is 0 Å². The van der Waals surface area contributed by atoms with Crippen molar-refractivity contribution in [2.45, 2.75) is 58.0 Å². The Hall–Kier alpha value is -1.42. The Kier molecular flexibility index (Phi) is 5.53. The van der Waals surface area contributed by atoms with Crippen molar-refractivity contribution in [1.82, 2.24) is 10.3 Å². The summed E-state index contributed by atoms with van der Waals surface area (Å²) in [6.07, 6.45) is 8.92. The summed E-state index contributed by atoms with van der Waals surface area (Å²) in [5.41, 5.74) is 6.95. The van der Waals surface area contributed by atoms with Gasteiger partial charge in [0, 0.05) is 18.8 Å². The monoisotopic (exact) mass is 275 g/mol. The molecule has 1 heterocycles. The lowest BCUT2D eigenvalue weighted by Gasteiger charge is -2.28. The smallest absolute Gasteiger partial charge is 0.270 e. The Morgan fingerprint density at radius 2 is 2.10 bits per heavy atom. The standard InChI is InChI=1S/C16H25N3O/c1-2-3-12-4-7-14(8-5-12)19-16(20)15-9-6-13(10-17)11-18-15/h6,9,11-12,14H,2-5,7-8,10,17H2,1H3,(H,19,20). The minimum Gasteiger partial charge on any atom is -0.348 e. The van der Waals surface area contributed by atoms with Gasteiger partial charge >= 0.3 is 0 Å². The van der Waals surface area contributed by atoms with Gasteiger partial charge in [-0.2, -0.15) is 0 Å². The zero-order valence-corrected chi connectivity index (χ0v) is 12.3. The first-order valence-corrected chi connectivity index (χ1v) is 7.68. The third-order valence-electron chi connectivity index (χ3n) is 4.17. The molecule has 0 aromatic carbocycles. The summed E-state index contributed by atoms with van der Waals surface area (Å²) in [4.78, 5) is 16.3. The van der Waals surface area contributed by atoms with Crippen LogP contribution in [-0.2, 0) is 6.54 Å². The number of nitrogens with one attached hydrogen (secondary N) is 1. The number of rotatable bonds is 5. The van der Waals surface area contributed by atoms with Crippen LogP contribution in [0.3, 0.4) is 0 Å². The first-order valence-electron chi connectivity index (χ1n) is 7.68. The van der Waals surface area contributed by atoms with Gasteiger partial charge in [-0.1, -0.05) is 25.8 Å². The summed E-state index contributed by atoms with van der Waals surface area (Å²) in [5.74, 6) is 0.794. The van der Waals surface area contributed by atoms with E-state index < -0.39 is 0 Å². The van der Waals surface area contributed by atoms with Gasteiger partial charge in [-0.05, 0) is 43.2 Å². The van der Waals surface area contributed by atoms with Gasteiger partial charge in [-0.3, -0.25) is 9.78 Å². The second-order valence-electron chi connectivity index (χ2n) is 5.74. The number of hydrogen-bond acceptors (Lipinski definition) is 3. The zero-order valence-electron chi connectivity index (χ0n) is 12.3. The van der Waals surface area contributed by atoms with Crippen LogP contribution in [0.15, 0.2) is 18.3 Å². The number of hydrogen-bond donors (Lipinski definition) is 2. The fraction of sp³-hybridized carbons (Fsp3) is 0.625. The Morgan fingerprint density at radius 1 is 1.35 bits per heavy atom. The van der Waals surface area contributed by atoms with Crippen molar-refractivity contribution in [2.24, 2.45) is 11.7 Å². The molecule has 3 N–H and O–H groups in total. The summed E-state index contributed by atoms with van der Waals surface area (Å²) in [6, 6.07) is 3.92. The van der Waals surface area contributed by atoms with Crippen LogP contribution in [0.5, 0.6) is 0 Å². The molecule has 4 nitrogen and oxygen atoms in total. The number of carbonyl (C=O) groups excluding carboxylic acids is 1. The van der Waals surface area contributed by atoms with Gasteiger partial charge < -0.3 is 11.1 Å². The van der Waals surface area contributed by atoms with E-state index in [0.717, 1.165) is 24.3 Å². The van der Waals surface area contributed by atoms with Crippen LogP contribution in [0.2, 0.25) is 0 Å². The van der Waals surface area contributed by atoms with E-state index in [4.69, 9.17) is 5.73 Å². The molecule has 1 aliphatic rings. The molecular weight excluding hydrogens is 250 g/mol. The molecule has 2 rings (SSSR count). The second-order valence-corrected chi connectivity index (χ2v) is 5.74. The number of amides is 1. The van der Waals surface area contributed by atoms with Gasteiger partial charge in [-0.15, -0.1) is 0 Å². The summed E-state index contributed by atoms with van der Waals surface area (Å²) in [7, 11) is 0. The molecule has 1 aromatic heterocycles. The van der Waals surface area contributed by atoms with Crippen LogP contribution in [0.25, 0.3) is 0 Å². The van der Waals surface area contributed by atoms with Crippen LogP contribution in [0, 0.1) is 5.92 Å². The van der Waals surface area contributed by atoms with Gasteiger partial charge in [0.2, 0.25) is 0 Å². The van der Waals surface area contributed by atoms with Crippen LogP contribution >= 0.6 is 0 Å². The molecule has 0 radical (unpaired) electrons. The molecule has 0 bridgehead atoms. The third-order valence-corrected chi connectivity index (χ3v) is 4.17. The summed E-state index contributed by atoms with van der Waals surface area (Å²) in [5, 5.41) is 3.10. The molecule has 0 spiro atoms. The highest BCUT2D eigenvalue weighted by molar-refractivity contribution is 5.92. The molecule has 4 heteroatoms. The fourth-order valence-corrected chi connectivity index (χ4v) is 2.94. The lowest BCUT2D eigenvalue weighted by molar-refractivity contribution is 0.0916. The molecule has 20 heavy (non-hydrogen) atoms. The SMILES string of the molecule is CCCC1CCC(NC(=O)c2ccc(CN)cn2)CC1. The predicted molar refractivity (Wildman–Crippen MR) is 80.2 cm³/mol.